The van der Waals surface area contributed by atoms with Crippen LogP contribution in [0.4, 0.5) is 0 Å². The minimum atomic E-state index is 0. The van der Waals surface area contributed by atoms with Crippen LogP contribution in [-0.4, -0.2) is 34.5 Å². The van der Waals surface area contributed by atoms with Crippen molar-refractivity contribution in [2.24, 2.45) is 0 Å². The van der Waals surface area contributed by atoms with E-state index in [9.17, 15) is 0 Å². The fraction of sp³-hybridized carbons (Fsp3) is 0.294. The Morgan fingerprint density at radius 2 is 2.16 bits per heavy atom. The van der Waals surface area contributed by atoms with Crippen LogP contribution in [0.25, 0.3) is 10.6 Å². The Labute approximate surface area is 163 Å². The molecule has 1 saturated heterocycles. The Bertz CT molecular complexity index is 751. The fourth-order valence-corrected chi connectivity index (χ4v) is 3.60. The topological polar surface area (TPSA) is 54.2 Å². The molecule has 1 aliphatic heterocycles. The number of pyridine rings is 1. The lowest BCUT2D eigenvalue weighted by Crippen LogP contribution is -2.45. The predicted octanol–water partition coefficient (Wildman–Crippen LogP) is 3.79. The summed E-state index contributed by atoms with van der Waals surface area (Å²) >= 11 is 1.67. The third-order valence-electron chi connectivity index (χ3n) is 4.08. The number of halogens is 2. The Balaban J connectivity index is 0.00000113. The van der Waals surface area contributed by atoms with E-state index >= 15 is 0 Å². The molecule has 1 unspecified atom stereocenters. The number of piperazine rings is 1. The van der Waals surface area contributed by atoms with Crippen molar-refractivity contribution >= 4 is 36.2 Å². The second-order valence-corrected chi connectivity index (χ2v) is 6.52. The molecule has 3 aromatic rings. The lowest BCUT2D eigenvalue weighted by molar-refractivity contribution is 0.140. The highest BCUT2D eigenvalue weighted by molar-refractivity contribution is 7.13. The van der Waals surface area contributed by atoms with Crippen LogP contribution < -0.4 is 5.32 Å². The van der Waals surface area contributed by atoms with Crippen molar-refractivity contribution < 1.29 is 4.42 Å². The number of nitrogens with one attached hydrogen (secondary N) is 1. The molecule has 0 bridgehead atoms. The van der Waals surface area contributed by atoms with E-state index in [0.29, 0.717) is 12.6 Å². The quantitative estimate of drug-likeness (QED) is 0.724. The maximum absolute atomic E-state index is 5.94. The number of nitrogens with zero attached hydrogens (tertiary/aromatic N) is 3. The molecule has 4 heterocycles. The largest absolute Gasteiger partial charge is 0.438 e. The van der Waals surface area contributed by atoms with E-state index < -0.39 is 0 Å². The number of hydrogen-bond donors (Lipinski definition) is 1. The first-order chi connectivity index (χ1) is 11.4. The van der Waals surface area contributed by atoms with Gasteiger partial charge in [0, 0.05) is 38.1 Å². The van der Waals surface area contributed by atoms with Gasteiger partial charge in [-0.2, -0.15) is 0 Å². The van der Waals surface area contributed by atoms with Gasteiger partial charge in [0.2, 0.25) is 5.89 Å². The molecule has 134 valence electrons. The van der Waals surface area contributed by atoms with E-state index in [-0.39, 0.29) is 24.8 Å². The van der Waals surface area contributed by atoms with E-state index in [4.69, 9.17) is 4.42 Å². The molecular formula is C17H20Cl2N4OS. The third-order valence-corrected chi connectivity index (χ3v) is 4.96. The van der Waals surface area contributed by atoms with Crippen molar-refractivity contribution in [1.29, 1.82) is 0 Å². The average Bonchev–Trinajstić information content (AvgIpc) is 3.27. The summed E-state index contributed by atoms with van der Waals surface area (Å²) in [6.45, 7) is 3.59. The van der Waals surface area contributed by atoms with Gasteiger partial charge in [0.15, 0.2) is 5.76 Å². The molecule has 0 spiro atoms. The van der Waals surface area contributed by atoms with Crippen LogP contribution in [0, 0.1) is 0 Å². The van der Waals surface area contributed by atoms with Crippen LogP contribution in [0.3, 0.4) is 0 Å². The van der Waals surface area contributed by atoms with Gasteiger partial charge in [-0.3, -0.25) is 9.88 Å². The zero-order valence-electron chi connectivity index (χ0n) is 13.5. The summed E-state index contributed by atoms with van der Waals surface area (Å²) in [7, 11) is 0. The van der Waals surface area contributed by atoms with Crippen molar-refractivity contribution in [3.63, 3.8) is 0 Å². The van der Waals surface area contributed by atoms with Crippen LogP contribution in [0.2, 0.25) is 0 Å². The first-order valence-corrected chi connectivity index (χ1v) is 8.61. The number of hydrogen-bond acceptors (Lipinski definition) is 6. The Hall–Kier alpha value is -1.44. The van der Waals surface area contributed by atoms with Crippen molar-refractivity contribution in [3.05, 3.63) is 59.7 Å². The number of thiophene rings is 1. The minimum Gasteiger partial charge on any atom is -0.438 e. The van der Waals surface area contributed by atoms with E-state index in [1.807, 2.05) is 36.1 Å². The minimum absolute atomic E-state index is 0. The third kappa shape index (κ3) is 4.59. The first-order valence-electron chi connectivity index (χ1n) is 7.73. The molecule has 0 radical (unpaired) electrons. The predicted molar refractivity (Wildman–Crippen MR) is 105 cm³/mol. The Morgan fingerprint density at radius 1 is 1.24 bits per heavy atom. The van der Waals surface area contributed by atoms with Crippen LogP contribution >= 0.6 is 36.2 Å². The second-order valence-electron chi connectivity index (χ2n) is 5.57. The molecule has 0 saturated carbocycles. The van der Waals surface area contributed by atoms with Gasteiger partial charge in [0.1, 0.15) is 0 Å². The molecule has 1 atom stereocenters. The molecule has 0 amide bonds. The summed E-state index contributed by atoms with van der Waals surface area (Å²) in [5.41, 5.74) is 1.23. The number of oxazole rings is 1. The molecule has 0 aromatic carbocycles. The van der Waals surface area contributed by atoms with Crippen molar-refractivity contribution in [2.75, 3.05) is 19.6 Å². The zero-order valence-corrected chi connectivity index (χ0v) is 15.9. The molecule has 25 heavy (non-hydrogen) atoms. The molecular weight excluding hydrogens is 379 g/mol. The smallest absolute Gasteiger partial charge is 0.209 e. The van der Waals surface area contributed by atoms with Crippen LogP contribution in [-0.2, 0) is 6.54 Å². The van der Waals surface area contributed by atoms with E-state index in [0.717, 1.165) is 36.2 Å². The van der Waals surface area contributed by atoms with E-state index in [1.165, 1.54) is 5.56 Å². The lowest BCUT2D eigenvalue weighted by atomic mass is 10.1. The molecule has 1 N–H and O–H groups in total. The van der Waals surface area contributed by atoms with Crippen LogP contribution in [0.1, 0.15) is 17.5 Å². The molecule has 1 fully saturated rings. The molecule has 4 rings (SSSR count). The fourth-order valence-electron chi connectivity index (χ4n) is 2.93. The highest BCUT2D eigenvalue weighted by atomic mass is 35.5. The molecule has 0 aliphatic carbocycles. The summed E-state index contributed by atoms with van der Waals surface area (Å²) in [5, 5.41) is 5.51. The highest BCUT2D eigenvalue weighted by Crippen LogP contribution is 2.27. The van der Waals surface area contributed by atoms with Crippen molar-refractivity contribution in [1.82, 2.24) is 20.2 Å². The molecule has 1 aliphatic rings. The normalized spacial score (nSPS) is 17.5. The second kappa shape index (κ2) is 9.31. The first kappa shape index (κ1) is 19.9. The standard InChI is InChI=1S/C17H18N4OS.2ClH/c1-3-13(9-18-5-1)14-10-19-6-7-21(14)12-17-20-11-15(22-17)16-4-2-8-23-16;;/h1-5,8-9,11,14,19H,6-7,10,12H2;2*1H. The monoisotopic (exact) mass is 398 g/mol. The van der Waals surface area contributed by atoms with Gasteiger partial charge < -0.3 is 9.73 Å². The Kier molecular flexibility index (Phi) is 7.40. The number of aromatic nitrogens is 2. The van der Waals surface area contributed by atoms with Crippen molar-refractivity contribution in [2.45, 2.75) is 12.6 Å². The maximum atomic E-state index is 5.94. The van der Waals surface area contributed by atoms with Gasteiger partial charge in [0.05, 0.1) is 17.6 Å². The Morgan fingerprint density at radius 3 is 2.92 bits per heavy atom. The number of rotatable bonds is 4. The van der Waals surface area contributed by atoms with Gasteiger partial charge in [-0.25, -0.2) is 4.98 Å². The molecule has 8 heteroatoms. The van der Waals surface area contributed by atoms with E-state index in [1.54, 1.807) is 11.3 Å². The average molecular weight is 399 g/mol. The molecule has 5 nitrogen and oxygen atoms in total. The summed E-state index contributed by atoms with van der Waals surface area (Å²) in [4.78, 5) is 12.2. The maximum Gasteiger partial charge on any atom is 0.209 e. The highest BCUT2D eigenvalue weighted by Gasteiger charge is 2.25. The van der Waals surface area contributed by atoms with Crippen LogP contribution in [0.5, 0.6) is 0 Å². The van der Waals surface area contributed by atoms with Gasteiger partial charge in [-0.15, -0.1) is 36.2 Å². The van der Waals surface area contributed by atoms with E-state index in [2.05, 4.69) is 32.3 Å². The summed E-state index contributed by atoms with van der Waals surface area (Å²) < 4.78 is 5.94. The van der Waals surface area contributed by atoms with Gasteiger partial charge >= 0.3 is 0 Å². The zero-order chi connectivity index (χ0) is 15.5. The molecule has 3 aromatic heterocycles. The van der Waals surface area contributed by atoms with Gasteiger partial charge in [-0.05, 0) is 23.1 Å². The van der Waals surface area contributed by atoms with Crippen LogP contribution in [0.15, 0.2) is 52.7 Å². The summed E-state index contributed by atoms with van der Waals surface area (Å²) in [6.07, 6.45) is 5.57. The SMILES string of the molecule is Cl.Cl.c1cncc(C2CNCCN2Cc2ncc(-c3cccs3)o2)c1. The summed E-state index contributed by atoms with van der Waals surface area (Å²) in [5.74, 6) is 1.62. The van der Waals surface area contributed by atoms with Gasteiger partial charge in [0.25, 0.3) is 0 Å². The summed E-state index contributed by atoms with van der Waals surface area (Å²) in [6, 6.07) is 8.50. The van der Waals surface area contributed by atoms with Gasteiger partial charge in [-0.1, -0.05) is 12.1 Å². The van der Waals surface area contributed by atoms with Crippen molar-refractivity contribution in [3.8, 4) is 10.6 Å². The lowest BCUT2D eigenvalue weighted by Gasteiger charge is -2.35.